The Hall–Kier alpha value is -1.54. The number of thiophene rings is 1. The number of thioether (sulfide) groups is 1. The third-order valence-corrected chi connectivity index (χ3v) is 4.15. The molecule has 1 unspecified atom stereocenters. The minimum Gasteiger partial charge on any atom is -0.481 e. The third-order valence-electron chi connectivity index (χ3n) is 2.08. The Morgan fingerprint density at radius 2 is 2.16 bits per heavy atom. The van der Waals surface area contributed by atoms with Crippen molar-refractivity contribution >= 4 is 40.9 Å². The van der Waals surface area contributed by atoms with Gasteiger partial charge in [0.05, 0.1) is 16.5 Å². The number of carbonyl (C=O) groups is 3. The number of nitrogens with one attached hydrogen (secondary N) is 2. The molecule has 0 aliphatic rings. The molecule has 19 heavy (non-hydrogen) atoms. The summed E-state index contributed by atoms with van der Waals surface area (Å²) < 4.78 is 0. The molecule has 1 heterocycles. The van der Waals surface area contributed by atoms with Crippen molar-refractivity contribution in [3.8, 4) is 0 Å². The molecule has 0 saturated heterocycles. The summed E-state index contributed by atoms with van der Waals surface area (Å²) in [6.45, 7) is 1.58. The molecule has 0 saturated carbocycles. The second-order valence-electron chi connectivity index (χ2n) is 3.73. The fourth-order valence-corrected chi connectivity index (χ4v) is 2.52. The molecule has 6 nitrogen and oxygen atoms in total. The van der Waals surface area contributed by atoms with Gasteiger partial charge in [0.2, 0.25) is 5.91 Å². The summed E-state index contributed by atoms with van der Waals surface area (Å²) in [6.07, 6.45) is 0. The first-order valence-electron chi connectivity index (χ1n) is 5.44. The third kappa shape index (κ3) is 5.75. The SMILES string of the molecule is CC(CSCC(=O)NNC(=O)c1cccs1)C(=O)O. The zero-order chi connectivity index (χ0) is 14.3. The van der Waals surface area contributed by atoms with Gasteiger partial charge in [-0.3, -0.25) is 25.2 Å². The Morgan fingerprint density at radius 3 is 2.74 bits per heavy atom. The van der Waals surface area contributed by atoms with Crippen molar-refractivity contribution in [2.75, 3.05) is 11.5 Å². The molecule has 0 bridgehead atoms. The van der Waals surface area contributed by atoms with Gasteiger partial charge in [0.25, 0.3) is 5.91 Å². The van der Waals surface area contributed by atoms with Crippen molar-refractivity contribution in [3.05, 3.63) is 22.4 Å². The Labute approximate surface area is 118 Å². The number of carboxylic acids is 1. The second-order valence-corrected chi connectivity index (χ2v) is 5.71. The normalized spacial score (nSPS) is 11.6. The van der Waals surface area contributed by atoms with Crippen molar-refractivity contribution in [1.82, 2.24) is 10.9 Å². The fraction of sp³-hybridized carbons (Fsp3) is 0.364. The van der Waals surface area contributed by atoms with Crippen LogP contribution in [-0.4, -0.2) is 34.4 Å². The molecule has 104 valence electrons. The van der Waals surface area contributed by atoms with Gasteiger partial charge in [-0.05, 0) is 11.4 Å². The molecule has 0 spiro atoms. The number of carbonyl (C=O) groups excluding carboxylic acids is 2. The Balaban J connectivity index is 2.18. The summed E-state index contributed by atoms with van der Waals surface area (Å²) in [6, 6.07) is 3.39. The summed E-state index contributed by atoms with van der Waals surface area (Å²) in [5.74, 6) is -1.68. The number of hydrazine groups is 1. The smallest absolute Gasteiger partial charge is 0.307 e. The van der Waals surface area contributed by atoms with Gasteiger partial charge in [-0.15, -0.1) is 11.3 Å². The lowest BCUT2D eigenvalue weighted by Gasteiger charge is -2.07. The van der Waals surface area contributed by atoms with E-state index in [0.29, 0.717) is 10.6 Å². The van der Waals surface area contributed by atoms with E-state index in [1.54, 1.807) is 24.4 Å². The van der Waals surface area contributed by atoms with Gasteiger partial charge in [-0.1, -0.05) is 13.0 Å². The number of hydrogen-bond donors (Lipinski definition) is 3. The van der Waals surface area contributed by atoms with Gasteiger partial charge >= 0.3 is 5.97 Å². The standard InChI is InChI=1S/C11H14N2O4S2/c1-7(11(16)17)5-18-6-9(14)12-13-10(15)8-3-2-4-19-8/h2-4,7H,5-6H2,1H3,(H,12,14)(H,13,15)(H,16,17). The van der Waals surface area contributed by atoms with Gasteiger partial charge < -0.3 is 5.11 Å². The maximum Gasteiger partial charge on any atom is 0.307 e. The van der Waals surface area contributed by atoms with Crippen LogP contribution in [0.3, 0.4) is 0 Å². The van der Waals surface area contributed by atoms with E-state index in [1.165, 1.54) is 23.1 Å². The number of rotatable bonds is 6. The van der Waals surface area contributed by atoms with Crippen LogP contribution in [0.4, 0.5) is 0 Å². The van der Waals surface area contributed by atoms with E-state index in [1.807, 2.05) is 0 Å². The topological polar surface area (TPSA) is 95.5 Å². The van der Waals surface area contributed by atoms with Crippen LogP contribution in [0, 0.1) is 5.92 Å². The number of aliphatic carboxylic acids is 1. The average Bonchev–Trinajstić information content (AvgIpc) is 2.89. The molecular weight excluding hydrogens is 288 g/mol. The van der Waals surface area contributed by atoms with Gasteiger partial charge in [0.1, 0.15) is 0 Å². The minimum atomic E-state index is -0.890. The Morgan fingerprint density at radius 1 is 1.42 bits per heavy atom. The maximum absolute atomic E-state index is 11.5. The summed E-state index contributed by atoms with van der Waals surface area (Å²) in [7, 11) is 0. The van der Waals surface area contributed by atoms with Crippen LogP contribution in [-0.2, 0) is 9.59 Å². The van der Waals surface area contributed by atoms with Crippen LogP contribution >= 0.6 is 23.1 Å². The van der Waals surface area contributed by atoms with Gasteiger partial charge in [0, 0.05) is 5.75 Å². The molecule has 1 aromatic rings. The van der Waals surface area contributed by atoms with Crippen LogP contribution < -0.4 is 10.9 Å². The maximum atomic E-state index is 11.5. The van der Waals surface area contributed by atoms with E-state index in [-0.39, 0.29) is 17.6 Å². The van der Waals surface area contributed by atoms with E-state index in [2.05, 4.69) is 10.9 Å². The van der Waals surface area contributed by atoms with Crippen molar-refractivity contribution in [2.45, 2.75) is 6.92 Å². The minimum absolute atomic E-state index is 0.0995. The molecule has 0 aliphatic heterocycles. The number of carboxylic acid groups (broad SMARTS) is 1. The zero-order valence-electron chi connectivity index (χ0n) is 10.2. The van der Waals surface area contributed by atoms with Crippen molar-refractivity contribution in [2.24, 2.45) is 5.92 Å². The highest BCUT2D eigenvalue weighted by atomic mass is 32.2. The lowest BCUT2D eigenvalue weighted by atomic mass is 10.2. The predicted molar refractivity (Wildman–Crippen MR) is 74.1 cm³/mol. The predicted octanol–water partition coefficient (Wildman–Crippen LogP) is 0.963. The van der Waals surface area contributed by atoms with Crippen LogP contribution in [0.5, 0.6) is 0 Å². The number of hydrogen-bond acceptors (Lipinski definition) is 5. The van der Waals surface area contributed by atoms with E-state index >= 15 is 0 Å². The molecule has 1 rings (SSSR count). The van der Waals surface area contributed by atoms with Crippen LogP contribution in [0.25, 0.3) is 0 Å². The summed E-state index contributed by atoms with van der Waals surface area (Å²) in [4.78, 5) is 33.9. The summed E-state index contributed by atoms with van der Waals surface area (Å²) in [5, 5.41) is 10.4. The Kier molecular flexibility index (Phi) is 6.37. The molecule has 0 radical (unpaired) electrons. The summed E-state index contributed by atoms with van der Waals surface area (Å²) >= 11 is 2.48. The van der Waals surface area contributed by atoms with E-state index in [9.17, 15) is 14.4 Å². The van der Waals surface area contributed by atoms with Crippen molar-refractivity contribution in [1.29, 1.82) is 0 Å². The number of amides is 2. The quantitative estimate of drug-likeness (QED) is 0.680. The molecule has 0 aliphatic carbocycles. The van der Waals surface area contributed by atoms with Gasteiger partial charge in [0.15, 0.2) is 0 Å². The van der Waals surface area contributed by atoms with Crippen molar-refractivity contribution < 1.29 is 19.5 Å². The van der Waals surface area contributed by atoms with Gasteiger partial charge in [-0.2, -0.15) is 11.8 Å². The lowest BCUT2D eigenvalue weighted by Crippen LogP contribution is -2.42. The van der Waals surface area contributed by atoms with Crippen molar-refractivity contribution in [3.63, 3.8) is 0 Å². The highest BCUT2D eigenvalue weighted by Gasteiger charge is 2.12. The molecule has 1 atom stereocenters. The fourth-order valence-electron chi connectivity index (χ4n) is 1.03. The first-order valence-corrected chi connectivity index (χ1v) is 7.47. The first-order chi connectivity index (χ1) is 9.00. The lowest BCUT2D eigenvalue weighted by molar-refractivity contribution is -0.140. The highest BCUT2D eigenvalue weighted by Crippen LogP contribution is 2.08. The van der Waals surface area contributed by atoms with E-state index < -0.39 is 11.9 Å². The highest BCUT2D eigenvalue weighted by molar-refractivity contribution is 7.99. The first kappa shape index (κ1) is 15.5. The molecule has 0 fully saturated rings. The summed E-state index contributed by atoms with van der Waals surface area (Å²) in [5.41, 5.74) is 4.56. The zero-order valence-corrected chi connectivity index (χ0v) is 11.8. The second kappa shape index (κ2) is 7.80. The monoisotopic (exact) mass is 302 g/mol. The molecular formula is C11H14N2O4S2. The van der Waals surface area contributed by atoms with E-state index in [4.69, 9.17) is 5.11 Å². The largest absolute Gasteiger partial charge is 0.481 e. The Bertz CT molecular complexity index is 448. The molecule has 0 aromatic carbocycles. The molecule has 2 amide bonds. The van der Waals surface area contributed by atoms with Crippen LogP contribution in [0.2, 0.25) is 0 Å². The average molecular weight is 302 g/mol. The molecule has 8 heteroatoms. The van der Waals surface area contributed by atoms with E-state index in [0.717, 1.165) is 0 Å². The molecule has 1 aromatic heterocycles. The van der Waals surface area contributed by atoms with Gasteiger partial charge in [-0.25, -0.2) is 0 Å². The molecule has 3 N–H and O–H groups in total. The van der Waals surface area contributed by atoms with Crippen LogP contribution in [0.15, 0.2) is 17.5 Å². The van der Waals surface area contributed by atoms with Crippen LogP contribution in [0.1, 0.15) is 16.6 Å².